The molecular formula is C17H15NO6. The van der Waals surface area contributed by atoms with Crippen molar-refractivity contribution in [3.8, 4) is 5.75 Å². The van der Waals surface area contributed by atoms with Gasteiger partial charge in [-0.3, -0.25) is 10.1 Å². The van der Waals surface area contributed by atoms with Crippen LogP contribution in [0, 0.1) is 10.1 Å². The predicted molar refractivity (Wildman–Crippen MR) is 85.0 cm³/mol. The number of hydrogen-bond acceptors (Lipinski definition) is 6. The molecule has 7 nitrogen and oxygen atoms in total. The molecule has 0 aliphatic rings. The van der Waals surface area contributed by atoms with Crippen molar-refractivity contribution in [3.63, 3.8) is 0 Å². The Morgan fingerprint density at radius 3 is 1.92 bits per heavy atom. The number of nitro groups is 1. The first-order chi connectivity index (χ1) is 11.4. The number of nitro benzene ring substituents is 1. The van der Waals surface area contributed by atoms with Crippen LogP contribution in [0.15, 0.2) is 48.5 Å². The van der Waals surface area contributed by atoms with Crippen molar-refractivity contribution in [1.82, 2.24) is 0 Å². The number of carbonyl (C=O) groups is 2. The van der Waals surface area contributed by atoms with Gasteiger partial charge in [0.2, 0.25) is 0 Å². The molecule has 0 fully saturated rings. The Morgan fingerprint density at radius 1 is 0.917 bits per heavy atom. The number of ether oxygens (including phenoxy) is 2. The predicted octanol–water partition coefficient (Wildman–Crippen LogP) is 3.38. The molecule has 0 aromatic heterocycles. The van der Waals surface area contributed by atoms with Crippen LogP contribution in [0.1, 0.15) is 34.6 Å². The van der Waals surface area contributed by atoms with Gasteiger partial charge in [0.25, 0.3) is 5.69 Å². The van der Waals surface area contributed by atoms with Crippen molar-refractivity contribution < 1.29 is 24.0 Å². The van der Waals surface area contributed by atoms with E-state index in [0.29, 0.717) is 5.56 Å². The Bertz CT molecular complexity index is 750. The average molecular weight is 329 g/mol. The summed E-state index contributed by atoms with van der Waals surface area (Å²) in [5, 5.41) is 10.6. The normalized spacial score (nSPS) is 10.3. The van der Waals surface area contributed by atoms with E-state index >= 15 is 0 Å². The van der Waals surface area contributed by atoms with E-state index < -0.39 is 16.9 Å². The van der Waals surface area contributed by atoms with E-state index in [2.05, 4.69) is 0 Å². The van der Waals surface area contributed by atoms with Crippen molar-refractivity contribution in [1.29, 1.82) is 0 Å². The molecule has 124 valence electrons. The zero-order valence-electron chi connectivity index (χ0n) is 13.1. The van der Waals surface area contributed by atoms with Crippen LogP contribution in [0.3, 0.4) is 0 Å². The van der Waals surface area contributed by atoms with Crippen LogP contribution in [0.4, 0.5) is 5.69 Å². The molecule has 0 amide bonds. The first kappa shape index (κ1) is 17.1. The Kier molecular flexibility index (Phi) is 5.26. The summed E-state index contributed by atoms with van der Waals surface area (Å²) in [6, 6.07) is 11.0. The number of carbonyl (C=O) groups excluding carboxylic acids is 2. The van der Waals surface area contributed by atoms with Crippen molar-refractivity contribution in [2.75, 3.05) is 0 Å². The number of benzene rings is 2. The Balaban J connectivity index is 2.04. The molecule has 0 atom stereocenters. The van der Waals surface area contributed by atoms with Crippen LogP contribution < -0.4 is 4.74 Å². The van der Waals surface area contributed by atoms with Gasteiger partial charge in [0.15, 0.2) is 0 Å². The molecule has 0 aliphatic carbocycles. The van der Waals surface area contributed by atoms with Gasteiger partial charge in [-0.1, -0.05) is 0 Å². The van der Waals surface area contributed by atoms with E-state index in [9.17, 15) is 19.7 Å². The molecule has 0 aliphatic heterocycles. The molecule has 7 heteroatoms. The van der Waals surface area contributed by atoms with Gasteiger partial charge >= 0.3 is 11.9 Å². The summed E-state index contributed by atoms with van der Waals surface area (Å²) in [4.78, 5) is 33.7. The van der Waals surface area contributed by atoms with Crippen molar-refractivity contribution in [3.05, 3.63) is 69.8 Å². The smallest absolute Gasteiger partial charge is 0.343 e. The number of esters is 2. The quantitative estimate of drug-likeness (QED) is 0.361. The second kappa shape index (κ2) is 7.36. The summed E-state index contributed by atoms with van der Waals surface area (Å²) >= 11 is 0. The van der Waals surface area contributed by atoms with Gasteiger partial charge in [-0.15, -0.1) is 0 Å². The summed E-state index contributed by atoms with van der Waals surface area (Å²) in [6.45, 7) is 3.50. The lowest BCUT2D eigenvalue weighted by Crippen LogP contribution is -2.12. The Labute approximate surface area is 138 Å². The summed E-state index contributed by atoms with van der Waals surface area (Å²) in [7, 11) is 0. The zero-order chi connectivity index (χ0) is 17.7. The molecule has 0 saturated heterocycles. The first-order valence-corrected chi connectivity index (χ1v) is 7.14. The van der Waals surface area contributed by atoms with Crippen LogP contribution in [0.25, 0.3) is 0 Å². The molecule has 2 aromatic rings. The SMILES string of the molecule is CC(C)OC(=O)c1ccc(OC(=O)c2ccc([N+](=O)[O-])cc2)cc1. The lowest BCUT2D eigenvalue weighted by atomic mass is 10.2. The topological polar surface area (TPSA) is 95.7 Å². The van der Waals surface area contributed by atoms with E-state index in [4.69, 9.17) is 9.47 Å². The Hall–Kier alpha value is -3.22. The van der Waals surface area contributed by atoms with Crippen molar-refractivity contribution in [2.24, 2.45) is 0 Å². The second-order valence-electron chi connectivity index (χ2n) is 5.17. The second-order valence-corrected chi connectivity index (χ2v) is 5.17. The third kappa shape index (κ3) is 4.39. The van der Waals surface area contributed by atoms with E-state index in [1.807, 2.05) is 0 Å². The number of nitrogens with zero attached hydrogens (tertiary/aromatic N) is 1. The van der Waals surface area contributed by atoms with E-state index in [-0.39, 0.29) is 23.1 Å². The molecule has 0 radical (unpaired) electrons. The van der Waals surface area contributed by atoms with Gasteiger partial charge < -0.3 is 9.47 Å². The molecule has 2 aromatic carbocycles. The van der Waals surface area contributed by atoms with Crippen LogP contribution in [-0.4, -0.2) is 23.0 Å². The number of rotatable bonds is 5. The van der Waals surface area contributed by atoms with E-state index in [1.54, 1.807) is 13.8 Å². The molecule has 0 unspecified atom stereocenters. The summed E-state index contributed by atoms with van der Waals surface area (Å²) in [5.74, 6) is -0.861. The van der Waals surface area contributed by atoms with Gasteiger partial charge in [-0.2, -0.15) is 0 Å². The average Bonchev–Trinajstić information content (AvgIpc) is 2.55. The van der Waals surface area contributed by atoms with Gasteiger partial charge in [0, 0.05) is 12.1 Å². The zero-order valence-corrected chi connectivity index (χ0v) is 13.1. The van der Waals surface area contributed by atoms with Crippen molar-refractivity contribution >= 4 is 17.6 Å². The third-order valence-electron chi connectivity index (χ3n) is 2.96. The maximum absolute atomic E-state index is 12.0. The minimum absolute atomic E-state index is 0.112. The van der Waals surface area contributed by atoms with Gasteiger partial charge in [0.1, 0.15) is 5.75 Å². The monoisotopic (exact) mass is 329 g/mol. The number of non-ortho nitro benzene ring substituents is 1. The highest BCUT2D eigenvalue weighted by Crippen LogP contribution is 2.17. The molecule has 0 bridgehead atoms. The van der Waals surface area contributed by atoms with Crippen LogP contribution in [0.5, 0.6) is 5.75 Å². The fourth-order valence-electron chi connectivity index (χ4n) is 1.83. The highest BCUT2D eigenvalue weighted by molar-refractivity contribution is 5.92. The standard InChI is InChI=1S/C17H15NO6/c1-11(2)23-16(19)13-5-9-15(10-6-13)24-17(20)12-3-7-14(8-4-12)18(21)22/h3-11H,1-2H3. The molecule has 0 heterocycles. The lowest BCUT2D eigenvalue weighted by molar-refractivity contribution is -0.384. The highest BCUT2D eigenvalue weighted by atomic mass is 16.6. The molecule has 0 spiro atoms. The fraction of sp³-hybridized carbons (Fsp3) is 0.176. The maximum atomic E-state index is 12.0. The van der Waals surface area contributed by atoms with Gasteiger partial charge in [-0.25, -0.2) is 9.59 Å². The molecule has 24 heavy (non-hydrogen) atoms. The number of hydrogen-bond donors (Lipinski definition) is 0. The lowest BCUT2D eigenvalue weighted by Gasteiger charge is -2.08. The van der Waals surface area contributed by atoms with Crippen LogP contribution in [0.2, 0.25) is 0 Å². The molecule has 2 rings (SSSR count). The largest absolute Gasteiger partial charge is 0.459 e. The van der Waals surface area contributed by atoms with Gasteiger partial charge in [0.05, 0.1) is 22.2 Å². The third-order valence-corrected chi connectivity index (χ3v) is 2.96. The first-order valence-electron chi connectivity index (χ1n) is 7.14. The maximum Gasteiger partial charge on any atom is 0.343 e. The van der Waals surface area contributed by atoms with E-state index in [0.717, 1.165) is 0 Å². The Morgan fingerprint density at radius 2 is 1.42 bits per heavy atom. The fourth-order valence-corrected chi connectivity index (χ4v) is 1.83. The van der Waals surface area contributed by atoms with Gasteiger partial charge in [-0.05, 0) is 50.2 Å². The molecule has 0 saturated carbocycles. The van der Waals surface area contributed by atoms with E-state index in [1.165, 1.54) is 48.5 Å². The summed E-state index contributed by atoms with van der Waals surface area (Å²) < 4.78 is 10.2. The summed E-state index contributed by atoms with van der Waals surface area (Å²) in [5.41, 5.74) is 0.419. The minimum Gasteiger partial charge on any atom is -0.459 e. The summed E-state index contributed by atoms with van der Waals surface area (Å²) in [6.07, 6.45) is -0.225. The molecule has 0 N–H and O–H groups in total. The molecular weight excluding hydrogens is 314 g/mol. The highest BCUT2D eigenvalue weighted by Gasteiger charge is 2.13. The van der Waals surface area contributed by atoms with Crippen molar-refractivity contribution in [2.45, 2.75) is 20.0 Å². The van der Waals surface area contributed by atoms with Crippen LogP contribution >= 0.6 is 0 Å². The minimum atomic E-state index is -0.651. The van der Waals surface area contributed by atoms with Crippen LogP contribution in [-0.2, 0) is 4.74 Å².